The summed E-state index contributed by atoms with van der Waals surface area (Å²) >= 11 is 0. The molecule has 0 saturated carbocycles. The molecule has 1 rings (SSSR count). The van der Waals surface area contributed by atoms with Gasteiger partial charge in [0.05, 0.1) is 5.60 Å². The van der Waals surface area contributed by atoms with Crippen LogP contribution in [0, 0.1) is 11.8 Å². The average molecular weight is 182 g/mol. The zero-order valence-corrected chi connectivity index (χ0v) is 9.09. The van der Waals surface area contributed by atoms with Crippen LogP contribution >= 0.6 is 0 Å². The van der Waals surface area contributed by atoms with E-state index in [1.165, 1.54) is 0 Å². The first-order chi connectivity index (χ1) is 6.02. The molecule has 1 nitrogen and oxygen atoms in total. The number of aliphatic hydroxyl groups is 1. The van der Waals surface area contributed by atoms with Crippen LogP contribution < -0.4 is 0 Å². The van der Waals surface area contributed by atoms with Crippen molar-refractivity contribution in [3.05, 3.63) is 12.2 Å². The highest BCUT2D eigenvalue weighted by atomic mass is 16.3. The van der Waals surface area contributed by atoms with Gasteiger partial charge in [-0.05, 0) is 37.5 Å². The SMILES string of the molecule is CC(C)CCC1(O)C=CC(C)CC1. The van der Waals surface area contributed by atoms with Crippen molar-refractivity contribution in [3.63, 3.8) is 0 Å². The minimum Gasteiger partial charge on any atom is -0.386 e. The molecule has 0 bridgehead atoms. The minimum absolute atomic E-state index is 0.489. The third kappa shape index (κ3) is 3.51. The lowest BCUT2D eigenvalue weighted by Crippen LogP contribution is -2.29. The van der Waals surface area contributed by atoms with E-state index in [9.17, 15) is 5.11 Å². The molecule has 0 amide bonds. The summed E-state index contributed by atoms with van der Waals surface area (Å²) in [5.41, 5.74) is -0.489. The van der Waals surface area contributed by atoms with Crippen molar-refractivity contribution >= 4 is 0 Å². The van der Waals surface area contributed by atoms with Crippen LogP contribution in [0.4, 0.5) is 0 Å². The van der Waals surface area contributed by atoms with Crippen molar-refractivity contribution in [2.75, 3.05) is 0 Å². The van der Waals surface area contributed by atoms with Crippen LogP contribution in [-0.2, 0) is 0 Å². The summed E-state index contributed by atoms with van der Waals surface area (Å²) in [5.74, 6) is 1.34. The summed E-state index contributed by atoms with van der Waals surface area (Å²) in [7, 11) is 0. The molecule has 76 valence electrons. The molecule has 0 saturated heterocycles. The first kappa shape index (κ1) is 10.8. The van der Waals surface area contributed by atoms with Crippen molar-refractivity contribution in [3.8, 4) is 0 Å². The van der Waals surface area contributed by atoms with E-state index in [-0.39, 0.29) is 0 Å². The Bertz CT molecular complexity index is 184. The highest BCUT2D eigenvalue weighted by molar-refractivity contribution is 5.06. The fourth-order valence-electron chi connectivity index (χ4n) is 1.75. The van der Waals surface area contributed by atoms with Crippen LogP contribution in [0.3, 0.4) is 0 Å². The molecule has 0 aliphatic heterocycles. The molecule has 1 aliphatic carbocycles. The maximum absolute atomic E-state index is 10.2. The first-order valence-corrected chi connectivity index (χ1v) is 5.43. The van der Waals surface area contributed by atoms with E-state index in [0.717, 1.165) is 25.7 Å². The van der Waals surface area contributed by atoms with Gasteiger partial charge in [-0.25, -0.2) is 0 Å². The Kier molecular flexibility index (Phi) is 3.55. The van der Waals surface area contributed by atoms with E-state index in [0.29, 0.717) is 11.8 Å². The summed E-state index contributed by atoms with van der Waals surface area (Å²) in [4.78, 5) is 0. The smallest absolute Gasteiger partial charge is 0.0828 e. The maximum atomic E-state index is 10.2. The Hall–Kier alpha value is -0.300. The van der Waals surface area contributed by atoms with Crippen molar-refractivity contribution in [1.29, 1.82) is 0 Å². The fraction of sp³-hybridized carbons (Fsp3) is 0.833. The molecule has 1 N–H and O–H groups in total. The summed E-state index contributed by atoms with van der Waals surface area (Å²) in [6, 6.07) is 0. The van der Waals surface area contributed by atoms with Crippen LogP contribution in [-0.4, -0.2) is 10.7 Å². The van der Waals surface area contributed by atoms with Gasteiger partial charge in [0.1, 0.15) is 0 Å². The molecule has 13 heavy (non-hydrogen) atoms. The lowest BCUT2D eigenvalue weighted by Gasteiger charge is -2.30. The largest absolute Gasteiger partial charge is 0.386 e. The Balaban J connectivity index is 2.43. The van der Waals surface area contributed by atoms with Crippen molar-refractivity contribution in [2.24, 2.45) is 11.8 Å². The number of rotatable bonds is 3. The van der Waals surface area contributed by atoms with Crippen molar-refractivity contribution < 1.29 is 5.11 Å². The third-order valence-electron chi connectivity index (χ3n) is 2.92. The number of hydrogen-bond donors (Lipinski definition) is 1. The molecule has 0 aromatic rings. The highest BCUT2D eigenvalue weighted by Gasteiger charge is 2.26. The van der Waals surface area contributed by atoms with Gasteiger partial charge >= 0.3 is 0 Å². The van der Waals surface area contributed by atoms with Gasteiger partial charge in [-0.3, -0.25) is 0 Å². The summed E-state index contributed by atoms with van der Waals surface area (Å²) in [5, 5.41) is 10.2. The van der Waals surface area contributed by atoms with Gasteiger partial charge in [0.15, 0.2) is 0 Å². The minimum atomic E-state index is -0.489. The van der Waals surface area contributed by atoms with Crippen LogP contribution in [0.25, 0.3) is 0 Å². The van der Waals surface area contributed by atoms with Gasteiger partial charge in [-0.1, -0.05) is 32.9 Å². The molecule has 1 heteroatoms. The number of allylic oxidation sites excluding steroid dienone is 1. The zero-order valence-electron chi connectivity index (χ0n) is 9.09. The second-order valence-electron chi connectivity index (χ2n) is 4.91. The van der Waals surface area contributed by atoms with Crippen molar-refractivity contribution in [1.82, 2.24) is 0 Å². The quantitative estimate of drug-likeness (QED) is 0.665. The predicted octanol–water partition coefficient (Wildman–Crippen LogP) is 3.14. The monoisotopic (exact) mass is 182 g/mol. The van der Waals surface area contributed by atoms with Gasteiger partial charge in [-0.15, -0.1) is 0 Å². The molecule has 2 atom stereocenters. The Morgan fingerprint density at radius 2 is 2.23 bits per heavy atom. The molecule has 0 fully saturated rings. The van der Waals surface area contributed by atoms with Gasteiger partial charge in [0, 0.05) is 0 Å². The summed E-state index contributed by atoms with van der Waals surface area (Å²) in [6.07, 6.45) is 8.29. The van der Waals surface area contributed by atoms with Gasteiger partial charge in [-0.2, -0.15) is 0 Å². The van der Waals surface area contributed by atoms with E-state index < -0.39 is 5.60 Å². The topological polar surface area (TPSA) is 20.2 Å². The van der Waals surface area contributed by atoms with E-state index in [4.69, 9.17) is 0 Å². The van der Waals surface area contributed by atoms with Crippen LogP contribution in [0.1, 0.15) is 46.5 Å². The van der Waals surface area contributed by atoms with Crippen LogP contribution in [0.5, 0.6) is 0 Å². The van der Waals surface area contributed by atoms with Crippen LogP contribution in [0.2, 0.25) is 0 Å². The molecular formula is C12H22O. The van der Waals surface area contributed by atoms with Gasteiger partial charge in [0.25, 0.3) is 0 Å². The molecular weight excluding hydrogens is 160 g/mol. The molecule has 0 heterocycles. The van der Waals surface area contributed by atoms with Gasteiger partial charge in [0.2, 0.25) is 0 Å². The highest BCUT2D eigenvalue weighted by Crippen LogP contribution is 2.30. The van der Waals surface area contributed by atoms with E-state index in [1.54, 1.807) is 0 Å². The fourth-order valence-corrected chi connectivity index (χ4v) is 1.75. The Morgan fingerprint density at radius 3 is 2.69 bits per heavy atom. The third-order valence-corrected chi connectivity index (χ3v) is 2.92. The maximum Gasteiger partial charge on any atom is 0.0828 e. The molecule has 2 unspecified atom stereocenters. The molecule has 0 radical (unpaired) electrons. The van der Waals surface area contributed by atoms with Crippen molar-refractivity contribution in [2.45, 2.75) is 52.1 Å². The second kappa shape index (κ2) is 4.28. The Labute approximate surface area is 81.9 Å². The first-order valence-electron chi connectivity index (χ1n) is 5.43. The number of hydrogen-bond acceptors (Lipinski definition) is 1. The normalized spacial score (nSPS) is 34.1. The summed E-state index contributed by atoms with van der Waals surface area (Å²) < 4.78 is 0. The Morgan fingerprint density at radius 1 is 1.54 bits per heavy atom. The lowest BCUT2D eigenvalue weighted by atomic mass is 9.82. The second-order valence-corrected chi connectivity index (χ2v) is 4.91. The lowest BCUT2D eigenvalue weighted by molar-refractivity contribution is 0.0553. The molecule has 0 aromatic heterocycles. The standard InChI is InChI=1S/C12H22O/c1-10(2)4-7-12(13)8-5-11(3)6-9-12/h5,8,10-11,13H,4,6-7,9H2,1-3H3. The predicted molar refractivity (Wildman–Crippen MR) is 56.6 cm³/mol. The summed E-state index contributed by atoms with van der Waals surface area (Å²) in [6.45, 7) is 6.62. The van der Waals surface area contributed by atoms with E-state index >= 15 is 0 Å². The van der Waals surface area contributed by atoms with Crippen LogP contribution in [0.15, 0.2) is 12.2 Å². The molecule has 0 aromatic carbocycles. The zero-order chi connectivity index (χ0) is 9.90. The average Bonchev–Trinajstić information content (AvgIpc) is 2.08. The van der Waals surface area contributed by atoms with E-state index in [2.05, 4.69) is 26.8 Å². The van der Waals surface area contributed by atoms with E-state index in [1.807, 2.05) is 6.08 Å². The molecule has 0 spiro atoms. The van der Waals surface area contributed by atoms with Gasteiger partial charge < -0.3 is 5.11 Å². The molecule has 1 aliphatic rings.